The van der Waals surface area contributed by atoms with Crippen LogP contribution in [0, 0.1) is 6.92 Å². The van der Waals surface area contributed by atoms with Crippen molar-refractivity contribution in [2.24, 2.45) is 0 Å². The molecule has 0 fully saturated rings. The van der Waals surface area contributed by atoms with Gasteiger partial charge in [0.1, 0.15) is 0 Å². The third kappa shape index (κ3) is 2.18. The molecule has 6 heteroatoms. The minimum absolute atomic E-state index is 0.0806. The van der Waals surface area contributed by atoms with E-state index in [1.165, 1.54) is 6.07 Å². The molecular weight excluding hydrogens is 290 g/mol. The fourth-order valence-electron chi connectivity index (χ4n) is 2.29. The molecule has 0 spiro atoms. The SMILES string of the molecule is Cc1cc2c(cc1C(=O)O)NC(=O)c1ccccc1[S+]2[O-]. The van der Waals surface area contributed by atoms with Crippen molar-refractivity contribution in [1.82, 2.24) is 0 Å². The fraction of sp³-hybridized carbons (Fsp3) is 0.0667. The van der Waals surface area contributed by atoms with Crippen LogP contribution < -0.4 is 5.32 Å². The summed E-state index contributed by atoms with van der Waals surface area (Å²) in [4.78, 5) is 24.2. The second-order valence-electron chi connectivity index (χ2n) is 4.69. The number of carboxylic acids is 1. The van der Waals surface area contributed by atoms with Gasteiger partial charge in [-0.05, 0) is 36.8 Å². The highest BCUT2D eigenvalue weighted by Crippen LogP contribution is 2.35. The molecule has 0 bridgehead atoms. The smallest absolute Gasteiger partial charge is 0.336 e. The van der Waals surface area contributed by atoms with Crippen molar-refractivity contribution >= 4 is 28.7 Å². The average Bonchev–Trinajstić information content (AvgIpc) is 2.56. The molecule has 21 heavy (non-hydrogen) atoms. The Kier molecular flexibility index (Phi) is 3.19. The molecule has 1 heterocycles. The first-order chi connectivity index (χ1) is 9.99. The summed E-state index contributed by atoms with van der Waals surface area (Å²) in [6, 6.07) is 9.55. The lowest BCUT2D eigenvalue weighted by molar-refractivity contribution is 0.0695. The molecule has 3 rings (SSSR count). The minimum Gasteiger partial charge on any atom is -0.606 e. The first-order valence-corrected chi connectivity index (χ1v) is 7.34. The van der Waals surface area contributed by atoms with E-state index in [0.717, 1.165) is 0 Å². The molecule has 2 aromatic rings. The van der Waals surface area contributed by atoms with Crippen LogP contribution in [0.25, 0.3) is 0 Å². The molecule has 0 radical (unpaired) electrons. The number of hydrogen-bond acceptors (Lipinski definition) is 3. The Morgan fingerprint density at radius 3 is 2.67 bits per heavy atom. The zero-order chi connectivity index (χ0) is 15.1. The first-order valence-electron chi connectivity index (χ1n) is 6.19. The van der Waals surface area contributed by atoms with Gasteiger partial charge in [-0.1, -0.05) is 12.1 Å². The third-order valence-electron chi connectivity index (χ3n) is 3.34. The van der Waals surface area contributed by atoms with Gasteiger partial charge in [0.25, 0.3) is 5.91 Å². The Morgan fingerprint density at radius 2 is 1.95 bits per heavy atom. The molecule has 5 nitrogen and oxygen atoms in total. The maximum atomic E-state index is 12.7. The van der Waals surface area contributed by atoms with Crippen LogP contribution in [0.3, 0.4) is 0 Å². The molecule has 1 aliphatic heterocycles. The van der Waals surface area contributed by atoms with Gasteiger partial charge >= 0.3 is 5.97 Å². The van der Waals surface area contributed by atoms with E-state index in [1.807, 2.05) is 0 Å². The highest BCUT2D eigenvalue weighted by molar-refractivity contribution is 7.91. The van der Waals surface area contributed by atoms with Crippen LogP contribution in [-0.4, -0.2) is 21.5 Å². The van der Waals surface area contributed by atoms with E-state index in [-0.39, 0.29) is 11.3 Å². The quantitative estimate of drug-likeness (QED) is 0.792. The van der Waals surface area contributed by atoms with Crippen molar-refractivity contribution < 1.29 is 19.2 Å². The fourth-order valence-corrected chi connectivity index (χ4v) is 3.68. The number of benzene rings is 2. The number of aryl methyl sites for hydroxylation is 1. The Labute approximate surface area is 123 Å². The van der Waals surface area contributed by atoms with Gasteiger partial charge in [0.2, 0.25) is 0 Å². The Bertz CT molecular complexity index is 772. The number of carbonyl (C=O) groups excluding carboxylic acids is 1. The number of nitrogens with one attached hydrogen (secondary N) is 1. The van der Waals surface area contributed by atoms with Gasteiger partial charge in [-0.25, -0.2) is 4.79 Å². The maximum Gasteiger partial charge on any atom is 0.336 e. The molecule has 2 N–H and O–H groups in total. The third-order valence-corrected chi connectivity index (χ3v) is 4.83. The van der Waals surface area contributed by atoms with Crippen molar-refractivity contribution in [2.45, 2.75) is 16.7 Å². The molecule has 1 aliphatic rings. The predicted molar refractivity (Wildman–Crippen MR) is 77.2 cm³/mol. The molecule has 0 aromatic heterocycles. The number of aromatic carboxylic acids is 1. The number of rotatable bonds is 1. The molecular formula is C15H11NO4S. The Balaban J connectivity index is 2.24. The number of carboxylic acid groups (broad SMARTS) is 1. The van der Waals surface area contributed by atoms with Gasteiger partial charge in [0, 0.05) is 11.2 Å². The van der Waals surface area contributed by atoms with Crippen LogP contribution >= 0.6 is 0 Å². The van der Waals surface area contributed by atoms with Gasteiger partial charge in [-0.15, -0.1) is 0 Å². The van der Waals surface area contributed by atoms with Crippen LogP contribution in [0.4, 0.5) is 5.69 Å². The van der Waals surface area contributed by atoms with Crippen molar-refractivity contribution in [3.8, 4) is 0 Å². The van der Waals surface area contributed by atoms with E-state index in [4.69, 9.17) is 5.11 Å². The second kappa shape index (κ2) is 4.91. The highest BCUT2D eigenvalue weighted by Gasteiger charge is 2.31. The lowest BCUT2D eigenvalue weighted by atomic mass is 10.1. The number of carbonyl (C=O) groups is 2. The lowest BCUT2D eigenvalue weighted by Crippen LogP contribution is -2.12. The van der Waals surface area contributed by atoms with E-state index in [2.05, 4.69) is 5.32 Å². The summed E-state index contributed by atoms with van der Waals surface area (Å²) in [5, 5.41) is 11.8. The molecule has 1 unspecified atom stereocenters. The van der Waals surface area contributed by atoms with Crippen LogP contribution in [0.1, 0.15) is 26.3 Å². The number of hydrogen-bond donors (Lipinski definition) is 2. The highest BCUT2D eigenvalue weighted by atomic mass is 32.2. The number of fused-ring (bicyclic) bond motifs is 2. The standard InChI is InChI=1S/C15H11NO4S/c1-8-6-13-11(7-10(8)15(18)19)16-14(17)9-4-2-3-5-12(9)21(13)20/h2-7H,1H3,(H,16,17)(H,18,19). The molecule has 1 amide bonds. The zero-order valence-electron chi connectivity index (χ0n) is 11.0. The van der Waals surface area contributed by atoms with Crippen LogP contribution in [0.5, 0.6) is 0 Å². The largest absolute Gasteiger partial charge is 0.606 e. The monoisotopic (exact) mass is 301 g/mol. The minimum atomic E-state index is -1.54. The normalized spacial score (nSPS) is 16.5. The van der Waals surface area contributed by atoms with E-state index >= 15 is 0 Å². The van der Waals surface area contributed by atoms with Gasteiger partial charge in [-0.2, -0.15) is 0 Å². The second-order valence-corrected chi connectivity index (χ2v) is 6.10. The van der Waals surface area contributed by atoms with Crippen molar-refractivity contribution in [1.29, 1.82) is 0 Å². The summed E-state index contributed by atoms with van der Waals surface area (Å²) in [5.41, 5.74) is 1.19. The number of anilines is 1. The van der Waals surface area contributed by atoms with Crippen molar-refractivity contribution in [3.05, 3.63) is 53.1 Å². The predicted octanol–water partition coefficient (Wildman–Crippen LogP) is 2.43. The van der Waals surface area contributed by atoms with Gasteiger partial charge in [-0.3, -0.25) is 4.79 Å². The van der Waals surface area contributed by atoms with E-state index in [0.29, 0.717) is 20.9 Å². The molecule has 106 valence electrons. The summed E-state index contributed by atoms with van der Waals surface area (Å²) >= 11 is -1.54. The van der Waals surface area contributed by atoms with Gasteiger partial charge in [0.15, 0.2) is 9.79 Å². The van der Waals surface area contributed by atoms with Gasteiger partial charge < -0.3 is 15.0 Å². The van der Waals surface area contributed by atoms with Crippen LogP contribution in [0.15, 0.2) is 46.2 Å². The Hall–Kier alpha value is -2.31. The molecule has 2 aromatic carbocycles. The summed E-state index contributed by atoms with van der Waals surface area (Å²) < 4.78 is 12.7. The van der Waals surface area contributed by atoms with Gasteiger partial charge in [0.05, 0.1) is 16.8 Å². The first kappa shape index (κ1) is 13.7. The zero-order valence-corrected chi connectivity index (χ0v) is 11.9. The van der Waals surface area contributed by atoms with Crippen molar-refractivity contribution in [3.63, 3.8) is 0 Å². The summed E-state index contributed by atoms with van der Waals surface area (Å²) in [5.74, 6) is -1.48. The molecule has 1 atom stereocenters. The molecule has 0 saturated heterocycles. The summed E-state index contributed by atoms with van der Waals surface area (Å²) in [7, 11) is 0. The molecule has 0 aliphatic carbocycles. The summed E-state index contributed by atoms with van der Waals surface area (Å²) in [6.07, 6.45) is 0. The van der Waals surface area contributed by atoms with E-state index < -0.39 is 23.1 Å². The lowest BCUT2D eigenvalue weighted by Gasteiger charge is -2.13. The van der Waals surface area contributed by atoms with E-state index in [9.17, 15) is 14.1 Å². The summed E-state index contributed by atoms with van der Waals surface area (Å²) in [6.45, 7) is 1.64. The average molecular weight is 301 g/mol. The maximum absolute atomic E-state index is 12.7. The van der Waals surface area contributed by atoms with Crippen molar-refractivity contribution in [2.75, 3.05) is 5.32 Å². The molecule has 0 saturated carbocycles. The topological polar surface area (TPSA) is 89.5 Å². The van der Waals surface area contributed by atoms with Crippen LogP contribution in [0.2, 0.25) is 0 Å². The Morgan fingerprint density at radius 1 is 1.24 bits per heavy atom. The van der Waals surface area contributed by atoms with Crippen LogP contribution in [-0.2, 0) is 11.2 Å². The van der Waals surface area contributed by atoms with E-state index in [1.54, 1.807) is 37.3 Å². The number of amides is 1.